The maximum atomic E-state index is 13.1. The molecule has 0 radical (unpaired) electrons. The van der Waals surface area contributed by atoms with Crippen molar-refractivity contribution in [1.29, 1.82) is 0 Å². The highest BCUT2D eigenvalue weighted by atomic mass is 16.5. The molecule has 8 heteroatoms. The van der Waals surface area contributed by atoms with Gasteiger partial charge in [-0.2, -0.15) is 5.10 Å². The van der Waals surface area contributed by atoms with Crippen LogP contribution in [0.25, 0.3) is 0 Å². The Morgan fingerprint density at radius 3 is 2.55 bits per heavy atom. The van der Waals surface area contributed by atoms with E-state index < -0.39 is 5.41 Å². The summed E-state index contributed by atoms with van der Waals surface area (Å²) in [5.74, 6) is 2.06. The molecule has 33 heavy (non-hydrogen) atoms. The molecular formula is C25H27N5O3. The standard InChI is InChI=1S/C25H27N5O3/c1-17-7-6-10-21(11-17)33-14-22(31)29-12-20-13-30(23(32)19-8-4-3-5-9-19)16-25(20,15-29)24-26-18(2)27-28-24/h3-11,20H,12-16H2,1-2H3,(H,26,27,28)/t20-,25-/m1/s1. The smallest absolute Gasteiger partial charge is 0.260 e. The number of aromatic nitrogens is 3. The molecule has 0 saturated carbocycles. The Hall–Kier alpha value is -3.68. The fraction of sp³-hybridized carbons (Fsp3) is 0.360. The van der Waals surface area contributed by atoms with Crippen LogP contribution < -0.4 is 4.74 Å². The van der Waals surface area contributed by atoms with E-state index >= 15 is 0 Å². The molecule has 170 valence electrons. The molecule has 0 aliphatic carbocycles. The largest absolute Gasteiger partial charge is 0.484 e. The number of H-pyrrole nitrogens is 1. The highest BCUT2D eigenvalue weighted by molar-refractivity contribution is 5.94. The number of rotatable bonds is 5. The minimum Gasteiger partial charge on any atom is -0.484 e. The first-order valence-corrected chi connectivity index (χ1v) is 11.2. The summed E-state index contributed by atoms with van der Waals surface area (Å²) in [5, 5.41) is 7.38. The van der Waals surface area contributed by atoms with Crippen molar-refractivity contribution >= 4 is 11.8 Å². The van der Waals surface area contributed by atoms with E-state index in [0.29, 0.717) is 43.3 Å². The fourth-order valence-electron chi connectivity index (χ4n) is 5.00. The van der Waals surface area contributed by atoms with Gasteiger partial charge in [0, 0.05) is 37.7 Å². The quantitative estimate of drug-likeness (QED) is 0.651. The van der Waals surface area contributed by atoms with Crippen LogP contribution in [0.4, 0.5) is 0 Å². The van der Waals surface area contributed by atoms with Crippen LogP contribution in [0.2, 0.25) is 0 Å². The summed E-state index contributed by atoms with van der Waals surface area (Å²) in [6.07, 6.45) is 0. The minimum absolute atomic E-state index is 0.00251. The lowest BCUT2D eigenvalue weighted by Gasteiger charge is -2.27. The number of likely N-dealkylation sites (tertiary alicyclic amines) is 2. The molecule has 2 aliphatic rings. The summed E-state index contributed by atoms with van der Waals surface area (Å²) in [5.41, 5.74) is 1.25. The van der Waals surface area contributed by atoms with Crippen LogP contribution in [0.5, 0.6) is 5.75 Å². The lowest BCUT2D eigenvalue weighted by atomic mass is 9.80. The zero-order chi connectivity index (χ0) is 23.0. The number of ether oxygens (including phenoxy) is 1. The second-order valence-electron chi connectivity index (χ2n) is 9.03. The predicted molar refractivity (Wildman–Crippen MR) is 122 cm³/mol. The van der Waals surface area contributed by atoms with Crippen LogP contribution in [0, 0.1) is 19.8 Å². The van der Waals surface area contributed by atoms with Gasteiger partial charge in [-0.15, -0.1) is 0 Å². The molecule has 2 amide bonds. The Bertz CT molecular complexity index is 1180. The normalized spacial score (nSPS) is 21.8. The zero-order valence-electron chi connectivity index (χ0n) is 18.8. The van der Waals surface area contributed by atoms with Gasteiger partial charge in [-0.25, -0.2) is 4.98 Å². The Kier molecular flexibility index (Phi) is 5.36. The van der Waals surface area contributed by atoms with Gasteiger partial charge in [0.1, 0.15) is 11.6 Å². The van der Waals surface area contributed by atoms with Gasteiger partial charge < -0.3 is 14.5 Å². The Morgan fingerprint density at radius 1 is 1.06 bits per heavy atom. The van der Waals surface area contributed by atoms with Gasteiger partial charge in [0.15, 0.2) is 12.4 Å². The molecule has 0 spiro atoms. The van der Waals surface area contributed by atoms with Crippen LogP contribution in [0.15, 0.2) is 54.6 Å². The Morgan fingerprint density at radius 2 is 1.82 bits per heavy atom. The number of amides is 2. The molecule has 2 aliphatic heterocycles. The van der Waals surface area contributed by atoms with Crippen molar-refractivity contribution in [3.8, 4) is 5.75 Å². The third kappa shape index (κ3) is 3.97. The first-order chi connectivity index (χ1) is 15.9. The first kappa shape index (κ1) is 21.2. The molecule has 8 nitrogen and oxygen atoms in total. The van der Waals surface area contributed by atoms with E-state index in [-0.39, 0.29) is 24.3 Å². The predicted octanol–water partition coefficient (Wildman–Crippen LogP) is 2.35. The van der Waals surface area contributed by atoms with Crippen molar-refractivity contribution in [2.75, 3.05) is 32.8 Å². The first-order valence-electron chi connectivity index (χ1n) is 11.2. The summed E-state index contributed by atoms with van der Waals surface area (Å²) in [7, 11) is 0. The van der Waals surface area contributed by atoms with Crippen molar-refractivity contribution in [2.45, 2.75) is 19.3 Å². The van der Waals surface area contributed by atoms with Gasteiger partial charge in [0.05, 0.1) is 5.41 Å². The van der Waals surface area contributed by atoms with Crippen LogP contribution in [-0.4, -0.2) is 69.6 Å². The number of hydrogen-bond donors (Lipinski definition) is 1. The number of fused-ring (bicyclic) bond motifs is 1. The van der Waals surface area contributed by atoms with E-state index in [2.05, 4.69) is 15.2 Å². The second-order valence-corrected chi connectivity index (χ2v) is 9.03. The van der Waals surface area contributed by atoms with E-state index in [9.17, 15) is 9.59 Å². The zero-order valence-corrected chi connectivity index (χ0v) is 18.8. The summed E-state index contributed by atoms with van der Waals surface area (Å²) < 4.78 is 5.75. The lowest BCUT2D eigenvalue weighted by Crippen LogP contribution is -2.42. The SMILES string of the molecule is Cc1cccc(OCC(=O)N2C[C@@H]3CN(C(=O)c4ccccc4)C[C@]3(c3n[nH]c(C)n3)C2)c1. The molecule has 1 N–H and O–H groups in total. The highest BCUT2D eigenvalue weighted by Gasteiger charge is 2.57. The third-order valence-electron chi connectivity index (χ3n) is 6.66. The number of carbonyl (C=O) groups excluding carboxylic acids is 2. The summed E-state index contributed by atoms with van der Waals surface area (Å²) in [6, 6.07) is 17.0. The maximum absolute atomic E-state index is 13.1. The van der Waals surface area contributed by atoms with Crippen molar-refractivity contribution < 1.29 is 14.3 Å². The molecule has 0 unspecified atom stereocenters. The number of hydrogen-bond acceptors (Lipinski definition) is 5. The minimum atomic E-state index is -0.492. The van der Waals surface area contributed by atoms with Gasteiger partial charge >= 0.3 is 0 Å². The van der Waals surface area contributed by atoms with E-state index in [1.165, 1.54) is 0 Å². The van der Waals surface area contributed by atoms with Gasteiger partial charge in [0.2, 0.25) is 0 Å². The molecule has 0 bridgehead atoms. The molecular weight excluding hydrogens is 418 g/mol. The molecule has 2 aromatic carbocycles. The molecule has 1 aromatic heterocycles. The van der Waals surface area contributed by atoms with E-state index in [1.807, 2.05) is 78.2 Å². The second kappa shape index (κ2) is 8.35. The van der Waals surface area contributed by atoms with Crippen LogP contribution >= 0.6 is 0 Å². The van der Waals surface area contributed by atoms with Crippen LogP contribution in [0.1, 0.15) is 27.6 Å². The van der Waals surface area contributed by atoms with E-state index in [0.717, 1.165) is 11.4 Å². The Labute approximate surface area is 192 Å². The number of benzene rings is 2. The highest BCUT2D eigenvalue weighted by Crippen LogP contribution is 2.44. The molecule has 2 fully saturated rings. The average Bonchev–Trinajstić information content (AvgIpc) is 3.50. The van der Waals surface area contributed by atoms with Crippen LogP contribution in [-0.2, 0) is 10.2 Å². The van der Waals surface area contributed by atoms with Crippen molar-refractivity contribution in [3.63, 3.8) is 0 Å². The average molecular weight is 446 g/mol. The summed E-state index contributed by atoms with van der Waals surface area (Å²) in [4.78, 5) is 34.5. The van der Waals surface area contributed by atoms with Gasteiger partial charge in [-0.05, 0) is 43.7 Å². The van der Waals surface area contributed by atoms with Gasteiger partial charge in [-0.1, -0.05) is 30.3 Å². The monoisotopic (exact) mass is 445 g/mol. The van der Waals surface area contributed by atoms with Crippen molar-refractivity contribution in [1.82, 2.24) is 25.0 Å². The lowest BCUT2D eigenvalue weighted by molar-refractivity contribution is -0.132. The van der Waals surface area contributed by atoms with E-state index in [1.54, 1.807) is 0 Å². The molecule has 3 heterocycles. The van der Waals surface area contributed by atoms with Crippen molar-refractivity contribution in [3.05, 3.63) is 77.4 Å². The number of aryl methyl sites for hydroxylation is 2. The summed E-state index contributed by atoms with van der Waals surface area (Å²) in [6.45, 7) is 5.87. The number of nitrogens with one attached hydrogen (secondary N) is 1. The van der Waals surface area contributed by atoms with Crippen LogP contribution in [0.3, 0.4) is 0 Å². The number of aromatic amines is 1. The van der Waals surface area contributed by atoms with Gasteiger partial charge in [-0.3, -0.25) is 14.7 Å². The number of nitrogens with zero attached hydrogens (tertiary/aromatic N) is 4. The van der Waals surface area contributed by atoms with E-state index in [4.69, 9.17) is 4.74 Å². The fourth-order valence-corrected chi connectivity index (χ4v) is 5.00. The molecule has 2 saturated heterocycles. The van der Waals surface area contributed by atoms with Gasteiger partial charge in [0.25, 0.3) is 11.8 Å². The third-order valence-corrected chi connectivity index (χ3v) is 6.66. The number of carbonyl (C=O) groups is 2. The topological polar surface area (TPSA) is 91.4 Å². The van der Waals surface area contributed by atoms with Crippen molar-refractivity contribution in [2.24, 2.45) is 5.92 Å². The molecule has 2 atom stereocenters. The Balaban J connectivity index is 1.34. The molecule has 3 aromatic rings. The summed E-state index contributed by atoms with van der Waals surface area (Å²) >= 11 is 0. The maximum Gasteiger partial charge on any atom is 0.260 e. The molecule has 5 rings (SSSR count).